The summed E-state index contributed by atoms with van der Waals surface area (Å²) < 4.78 is 5.39. The Morgan fingerprint density at radius 2 is 2.04 bits per heavy atom. The Labute approximate surface area is 139 Å². The van der Waals surface area contributed by atoms with Crippen molar-refractivity contribution in [1.82, 2.24) is 10.3 Å². The predicted octanol–water partition coefficient (Wildman–Crippen LogP) is 3.92. The number of pyridine rings is 1. The molecule has 5 nitrogen and oxygen atoms in total. The van der Waals surface area contributed by atoms with Gasteiger partial charge in [0.2, 0.25) is 0 Å². The molecule has 0 aliphatic heterocycles. The van der Waals surface area contributed by atoms with E-state index in [-0.39, 0.29) is 12.1 Å². The minimum absolute atomic E-state index is 0.150. The first-order chi connectivity index (χ1) is 10.8. The third kappa shape index (κ3) is 5.12. The van der Waals surface area contributed by atoms with Crippen molar-refractivity contribution in [3.63, 3.8) is 0 Å². The van der Waals surface area contributed by atoms with E-state index in [1.54, 1.807) is 0 Å². The zero-order valence-electron chi connectivity index (χ0n) is 14.8. The van der Waals surface area contributed by atoms with Crippen molar-refractivity contribution < 1.29 is 9.53 Å². The van der Waals surface area contributed by atoms with Crippen LogP contribution in [0.3, 0.4) is 0 Å². The number of rotatable bonds is 3. The van der Waals surface area contributed by atoms with Gasteiger partial charge in [0.1, 0.15) is 5.60 Å². The first kappa shape index (κ1) is 17.6. The number of aromatic nitrogens is 1. The number of nitrogens with zero attached hydrogens (tertiary/aromatic N) is 1. The lowest BCUT2D eigenvalue weighted by Gasteiger charge is -2.35. The lowest BCUT2D eigenvalue weighted by molar-refractivity contribution is 0.0482. The summed E-state index contributed by atoms with van der Waals surface area (Å²) in [6, 6.07) is 2.23. The zero-order valence-corrected chi connectivity index (χ0v) is 14.8. The van der Waals surface area contributed by atoms with Gasteiger partial charge in [-0.2, -0.15) is 0 Å². The number of amides is 1. The average molecular weight is 319 g/mol. The molecule has 2 rings (SSSR count). The molecule has 1 amide bonds. The molecule has 128 valence electrons. The van der Waals surface area contributed by atoms with Gasteiger partial charge in [0.05, 0.1) is 11.9 Å². The summed E-state index contributed by atoms with van der Waals surface area (Å²) in [4.78, 5) is 16.2. The number of alkyl carbamates (subject to hydrolysis) is 1. The fourth-order valence-corrected chi connectivity index (χ4v) is 3.42. The first-order valence-electron chi connectivity index (χ1n) is 8.39. The van der Waals surface area contributed by atoms with E-state index >= 15 is 0 Å². The Kier molecular flexibility index (Phi) is 5.50. The zero-order chi connectivity index (χ0) is 17.0. The number of hydrogen-bond acceptors (Lipinski definition) is 4. The van der Waals surface area contributed by atoms with Crippen LogP contribution >= 0.6 is 0 Å². The van der Waals surface area contributed by atoms with Crippen LogP contribution in [-0.4, -0.2) is 29.8 Å². The van der Waals surface area contributed by atoms with Crippen molar-refractivity contribution in [3.8, 4) is 0 Å². The van der Waals surface area contributed by atoms with Gasteiger partial charge in [0.15, 0.2) is 0 Å². The number of carbonyl (C=O) groups is 1. The largest absolute Gasteiger partial charge is 0.444 e. The van der Waals surface area contributed by atoms with Gasteiger partial charge in [-0.15, -0.1) is 0 Å². The molecule has 0 bridgehead atoms. The molecule has 3 unspecified atom stereocenters. The highest BCUT2D eigenvalue weighted by atomic mass is 16.6. The second-order valence-electron chi connectivity index (χ2n) is 7.57. The Morgan fingerprint density at radius 1 is 1.30 bits per heavy atom. The van der Waals surface area contributed by atoms with Gasteiger partial charge in [0, 0.05) is 19.3 Å². The van der Waals surface area contributed by atoms with E-state index in [1.165, 1.54) is 5.56 Å². The van der Waals surface area contributed by atoms with E-state index in [0.29, 0.717) is 11.8 Å². The van der Waals surface area contributed by atoms with Gasteiger partial charge in [-0.1, -0.05) is 6.92 Å². The van der Waals surface area contributed by atoms with Crippen LogP contribution in [0.2, 0.25) is 0 Å². The molecular formula is C18H29N3O2. The van der Waals surface area contributed by atoms with Crippen LogP contribution in [0.5, 0.6) is 0 Å². The molecule has 1 aliphatic rings. The Balaban J connectivity index is 2.06. The number of hydrogen-bond donors (Lipinski definition) is 2. The fourth-order valence-electron chi connectivity index (χ4n) is 3.42. The first-order valence-corrected chi connectivity index (χ1v) is 8.39. The smallest absolute Gasteiger partial charge is 0.407 e. The number of carbonyl (C=O) groups excluding carboxylic acids is 1. The second kappa shape index (κ2) is 7.20. The van der Waals surface area contributed by atoms with Crippen LogP contribution in [-0.2, 0) is 4.74 Å². The van der Waals surface area contributed by atoms with Gasteiger partial charge in [0.25, 0.3) is 0 Å². The number of nitrogens with one attached hydrogen (secondary N) is 2. The summed E-state index contributed by atoms with van der Waals surface area (Å²) in [5.41, 5.74) is 1.89. The van der Waals surface area contributed by atoms with Gasteiger partial charge in [-0.05, 0) is 63.5 Å². The third-order valence-electron chi connectivity index (χ3n) is 4.23. The van der Waals surface area contributed by atoms with Crippen molar-refractivity contribution in [3.05, 3.63) is 24.0 Å². The van der Waals surface area contributed by atoms with Gasteiger partial charge < -0.3 is 15.4 Å². The van der Waals surface area contributed by atoms with Crippen LogP contribution < -0.4 is 10.6 Å². The summed E-state index contributed by atoms with van der Waals surface area (Å²) in [7, 11) is 1.92. The highest BCUT2D eigenvalue weighted by Gasteiger charge is 2.30. The second-order valence-corrected chi connectivity index (χ2v) is 7.57. The van der Waals surface area contributed by atoms with Gasteiger partial charge in [-0.3, -0.25) is 4.98 Å². The molecule has 0 radical (unpaired) electrons. The SMILES string of the molecule is CNc1cnccc1C1CC(C)CC(NC(=O)OC(C)(C)C)C1. The summed E-state index contributed by atoms with van der Waals surface area (Å²) in [5.74, 6) is 0.982. The molecule has 1 aromatic rings. The van der Waals surface area contributed by atoms with Crippen LogP contribution in [0.15, 0.2) is 18.5 Å². The van der Waals surface area contributed by atoms with E-state index in [4.69, 9.17) is 4.74 Å². The van der Waals surface area contributed by atoms with Crippen LogP contribution in [0.25, 0.3) is 0 Å². The summed E-state index contributed by atoms with van der Waals surface area (Å²) in [5, 5.41) is 6.27. The molecular weight excluding hydrogens is 290 g/mol. The average Bonchev–Trinajstić information content (AvgIpc) is 2.44. The molecule has 0 aromatic carbocycles. The summed E-state index contributed by atoms with van der Waals surface area (Å²) in [6.45, 7) is 7.90. The molecule has 3 atom stereocenters. The van der Waals surface area contributed by atoms with Crippen LogP contribution in [0.4, 0.5) is 10.5 Å². The molecule has 2 N–H and O–H groups in total. The van der Waals surface area contributed by atoms with E-state index in [0.717, 1.165) is 24.9 Å². The maximum atomic E-state index is 12.0. The van der Waals surface area contributed by atoms with E-state index in [2.05, 4.69) is 28.6 Å². The molecule has 1 aromatic heterocycles. The molecule has 23 heavy (non-hydrogen) atoms. The van der Waals surface area contributed by atoms with Crippen LogP contribution in [0.1, 0.15) is 58.4 Å². The molecule has 1 aliphatic carbocycles. The standard InChI is InChI=1S/C18H29N3O2/c1-12-8-13(15-6-7-20-11-16(15)19-5)10-14(9-12)21-17(22)23-18(2,3)4/h6-7,11-14,19H,8-10H2,1-5H3,(H,21,22). The lowest BCUT2D eigenvalue weighted by atomic mass is 9.76. The topological polar surface area (TPSA) is 63.2 Å². The normalized spacial score (nSPS) is 24.8. The minimum atomic E-state index is -0.464. The third-order valence-corrected chi connectivity index (χ3v) is 4.23. The van der Waals surface area contributed by atoms with Crippen molar-refractivity contribution in [1.29, 1.82) is 0 Å². The number of anilines is 1. The van der Waals surface area contributed by atoms with Crippen molar-refractivity contribution in [2.75, 3.05) is 12.4 Å². The van der Waals surface area contributed by atoms with Crippen molar-refractivity contribution >= 4 is 11.8 Å². The molecule has 1 saturated carbocycles. The Bertz CT molecular complexity index is 539. The van der Waals surface area contributed by atoms with E-state index < -0.39 is 5.60 Å². The predicted molar refractivity (Wildman–Crippen MR) is 92.7 cm³/mol. The Hall–Kier alpha value is -1.78. The number of ether oxygens (including phenoxy) is 1. The van der Waals surface area contributed by atoms with Crippen molar-refractivity contribution in [2.45, 2.75) is 64.5 Å². The molecule has 0 saturated heterocycles. The maximum absolute atomic E-state index is 12.0. The monoisotopic (exact) mass is 319 g/mol. The Morgan fingerprint density at radius 3 is 2.70 bits per heavy atom. The molecule has 1 heterocycles. The minimum Gasteiger partial charge on any atom is -0.444 e. The van der Waals surface area contributed by atoms with E-state index in [9.17, 15) is 4.79 Å². The maximum Gasteiger partial charge on any atom is 0.407 e. The fraction of sp³-hybridized carbons (Fsp3) is 0.667. The van der Waals surface area contributed by atoms with Crippen LogP contribution in [0, 0.1) is 5.92 Å². The van der Waals surface area contributed by atoms with E-state index in [1.807, 2.05) is 40.2 Å². The quantitative estimate of drug-likeness (QED) is 0.886. The van der Waals surface area contributed by atoms with Gasteiger partial charge in [-0.25, -0.2) is 4.79 Å². The molecule has 0 spiro atoms. The molecule has 5 heteroatoms. The van der Waals surface area contributed by atoms with Crippen molar-refractivity contribution in [2.24, 2.45) is 5.92 Å². The summed E-state index contributed by atoms with van der Waals surface area (Å²) in [6.07, 6.45) is 6.44. The highest BCUT2D eigenvalue weighted by Crippen LogP contribution is 2.38. The van der Waals surface area contributed by atoms with Gasteiger partial charge >= 0.3 is 6.09 Å². The molecule has 1 fully saturated rings. The summed E-state index contributed by atoms with van der Waals surface area (Å²) >= 11 is 0. The highest BCUT2D eigenvalue weighted by molar-refractivity contribution is 5.68. The lowest BCUT2D eigenvalue weighted by Crippen LogP contribution is -2.42.